The van der Waals surface area contributed by atoms with E-state index in [2.05, 4.69) is 15.3 Å². The number of carbonyl (C=O) groups excluding carboxylic acids is 2. The number of piperidine rings is 1. The van der Waals surface area contributed by atoms with Crippen LogP contribution in [0.5, 0.6) is 0 Å². The van der Waals surface area contributed by atoms with Crippen molar-refractivity contribution in [2.24, 2.45) is 17.3 Å². The normalized spacial score (nSPS) is 24.7. The zero-order valence-corrected chi connectivity index (χ0v) is 14.1. The molecular formula is C18H24N4O2. The van der Waals surface area contributed by atoms with Crippen molar-refractivity contribution in [3.8, 4) is 0 Å². The second kappa shape index (κ2) is 5.83. The van der Waals surface area contributed by atoms with Crippen LogP contribution in [0, 0.1) is 24.2 Å². The van der Waals surface area contributed by atoms with Crippen LogP contribution in [0.15, 0.2) is 12.4 Å². The lowest BCUT2D eigenvalue weighted by molar-refractivity contribution is -0.123. The Morgan fingerprint density at radius 2 is 2.00 bits per heavy atom. The van der Waals surface area contributed by atoms with Crippen molar-refractivity contribution in [3.05, 3.63) is 23.8 Å². The third kappa shape index (κ3) is 3.01. The molecule has 3 aliphatic rings. The zero-order chi connectivity index (χ0) is 16.7. The first-order chi connectivity index (χ1) is 11.6. The molecule has 6 heteroatoms. The lowest BCUT2D eigenvalue weighted by Gasteiger charge is -2.32. The summed E-state index contributed by atoms with van der Waals surface area (Å²) in [5.41, 5.74) is 1.36. The van der Waals surface area contributed by atoms with Crippen molar-refractivity contribution in [2.75, 3.05) is 19.6 Å². The Morgan fingerprint density at radius 1 is 1.25 bits per heavy atom. The van der Waals surface area contributed by atoms with Gasteiger partial charge in [0.05, 0.1) is 11.9 Å². The molecule has 1 aromatic heterocycles. The summed E-state index contributed by atoms with van der Waals surface area (Å²) in [5.74, 6) is 1.06. The number of rotatable bonds is 4. The Hall–Kier alpha value is -1.98. The minimum absolute atomic E-state index is 0.0484. The number of hydrogen-bond donors (Lipinski definition) is 1. The summed E-state index contributed by atoms with van der Waals surface area (Å²) < 4.78 is 0. The minimum atomic E-state index is -0.0484. The Balaban J connectivity index is 1.30. The molecule has 0 radical (unpaired) electrons. The Kier molecular flexibility index (Phi) is 3.77. The van der Waals surface area contributed by atoms with E-state index in [1.807, 2.05) is 11.8 Å². The van der Waals surface area contributed by atoms with E-state index in [0.29, 0.717) is 18.8 Å². The average Bonchev–Trinajstić information content (AvgIpc) is 3.51. The Morgan fingerprint density at radius 3 is 2.62 bits per heavy atom. The highest BCUT2D eigenvalue weighted by molar-refractivity contribution is 5.92. The van der Waals surface area contributed by atoms with Crippen LogP contribution < -0.4 is 5.32 Å². The van der Waals surface area contributed by atoms with Gasteiger partial charge in [-0.3, -0.25) is 14.6 Å². The summed E-state index contributed by atoms with van der Waals surface area (Å²) in [6.07, 6.45) is 8.51. The molecule has 2 heterocycles. The van der Waals surface area contributed by atoms with E-state index in [1.54, 1.807) is 12.4 Å². The van der Waals surface area contributed by atoms with Crippen molar-refractivity contribution in [2.45, 2.75) is 39.0 Å². The highest BCUT2D eigenvalue weighted by atomic mass is 16.2. The molecule has 6 nitrogen and oxygen atoms in total. The number of amides is 2. The van der Waals surface area contributed by atoms with Crippen LogP contribution in [0.1, 0.15) is 48.3 Å². The molecule has 2 saturated carbocycles. The van der Waals surface area contributed by atoms with Crippen LogP contribution in [0.4, 0.5) is 0 Å². The van der Waals surface area contributed by atoms with Gasteiger partial charge >= 0.3 is 0 Å². The van der Waals surface area contributed by atoms with Crippen molar-refractivity contribution >= 4 is 11.8 Å². The van der Waals surface area contributed by atoms with Crippen molar-refractivity contribution in [3.63, 3.8) is 0 Å². The fraction of sp³-hybridized carbons (Fsp3) is 0.667. The number of carbonyl (C=O) groups is 2. The van der Waals surface area contributed by atoms with E-state index in [4.69, 9.17) is 0 Å². The topological polar surface area (TPSA) is 75.2 Å². The summed E-state index contributed by atoms with van der Waals surface area (Å²) in [4.78, 5) is 34.9. The monoisotopic (exact) mass is 328 g/mol. The molecule has 3 fully saturated rings. The molecule has 1 aromatic rings. The number of nitrogens with zero attached hydrogens (tertiary/aromatic N) is 3. The first-order valence-electron chi connectivity index (χ1n) is 8.93. The van der Waals surface area contributed by atoms with E-state index in [-0.39, 0.29) is 23.1 Å². The highest BCUT2D eigenvalue weighted by Crippen LogP contribution is 2.59. The zero-order valence-electron chi connectivity index (χ0n) is 14.1. The highest BCUT2D eigenvalue weighted by Gasteiger charge is 2.58. The number of likely N-dealkylation sites (tertiary alicyclic amines) is 1. The van der Waals surface area contributed by atoms with Gasteiger partial charge in [0.25, 0.3) is 5.91 Å². The van der Waals surface area contributed by atoms with Crippen LogP contribution in [-0.2, 0) is 4.79 Å². The molecular weight excluding hydrogens is 304 g/mol. The number of nitrogens with one attached hydrogen (secondary N) is 1. The maximum atomic E-state index is 12.5. The van der Waals surface area contributed by atoms with Crippen LogP contribution >= 0.6 is 0 Å². The van der Waals surface area contributed by atoms with Gasteiger partial charge in [0.2, 0.25) is 5.91 Å². The lowest BCUT2D eigenvalue weighted by Crippen LogP contribution is -2.41. The van der Waals surface area contributed by atoms with Gasteiger partial charge in [0.15, 0.2) is 0 Å². The molecule has 1 unspecified atom stereocenters. The number of aryl methyl sites for hydroxylation is 1. The van der Waals surface area contributed by atoms with Gasteiger partial charge in [0, 0.05) is 31.7 Å². The van der Waals surface area contributed by atoms with Gasteiger partial charge in [-0.1, -0.05) is 0 Å². The fourth-order valence-electron chi connectivity index (χ4n) is 3.78. The quantitative estimate of drug-likeness (QED) is 0.910. The SMILES string of the molecule is Cc1cnc(C(=O)N2CCC3(CC2)CC3C(=O)NCC2CC2)cn1. The van der Waals surface area contributed by atoms with Crippen LogP contribution in [0.3, 0.4) is 0 Å². The van der Waals surface area contributed by atoms with Crippen molar-refractivity contribution < 1.29 is 9.59 Å². The average molecular weight is 328 g/mol. The van der Waals surface area contributed by atoms with Crippen LogP contribution in [-0.4, -0.2) is 46.3 Å². The smallest absolute Gasteiger partial charge is 0.274 e. The lowest BCUT2D eigenvalue weighted by atomic mass is 9.90. The van der Waals surface area contributed by atoms with E-state index >= 15 is 0 Å². The van der Waals surface area contributed by atoms with Gasteiger partial charge in [-0.05, 0) is 50.4 Å². The molecule has 0 bridgehead atoms. The Labute approximate surface area is 142 Å². The predicted octanol–water partition coefficient (Wildman–Crippen LogP) is 1.55. The summed E-state index contributed by atoms with van der Waals surface area (Å²) in [5, 5.41) is 3.11. The summed E-state index contributed by atoms with van der Waals surface area (Å²) in [6, 6.07) is 0. The predicted molar refractivity (Wildman–Crippen MR) is 88.2 cm³/mol. The molecule has 1 aliphatic heterocycles. The van der Waals surface area contributed by atoms with Crippen molar-refractivity contribution in [1.82, 2.24) is 20.2 Å². The second-order valence-corrected chi connectivity index (χ2v) is 7.64. The number of aromatic nitrogens is 2. The molecule has 1 saturated heterocycles. The standard InChI is InChI=1S/C18H24N4O2/c1-12-9-20-15(11-19-12)17(24)22-6-4-18(5-7-22)8-14(18)16(23)21-10-13-2-3-13/h9,11,13-14H,2-8,10H2,1H3,(H,21,23). The molecule has 2 amide bonds. The molecule has 128 valence electrons. The first-order valence-corrected chi connectivity index (χ1v) is 8.93. The van der Waals surface area contributed by atoms with Gasteiger partial charge in [-0.25, -0.2) is 4.98 Å². The molecule has 1 N–H and O–H groups in total. The maximum Gasteiger partial charge on any atom is 0.274 e. The summed E-state index contributed by atoms with van der Waals surface area (Å²) >= 11 is 0. The molecule has 0 aromatic carbocycles. The molecule has 1 atom stereocenters. The van der Waals surface area contributed by atoms with E-state index in [9.17, 15) is 9.59 Å². The largest absolute Gasteiger partial charge is 0.356 e. The van der Waals surface area contributed by atoms with Crippen LogP contribution in [0.2, 0.25) is 0 Å². The maximum absolute atomic E-state index is 12.5. The second-order valence-electron chi connectivity index (χ2n) is 7.64. The van der Waals surface area contributed by atoms with Gasteiger partial charge in [0.1, 0.15) is 5.69 Å². The molecule has 1 spiro atoms. The van der Waals surface area contributed by atoms with E-state index < -0.39 is 0 Å². The fourth-order valence-corrected chi connectivity index (χ4v) is 3.78. The summed E-state index contributed by atoms with van der Waals surface area (Å²) in [6.45, 7) is 4.12. The Bertz CT molecular complexity index is 645. The first kappa shape index (κ1) is 15.5. The third-order valence-electron chi connectivity index (χ3n) is 5.81. The minimum Gasteiger partial charge on any atom is -0.356 e. The van der Waals surface area contributed by atoms with E-state index in [1.165, 1.54) is 12.8 Å². The van der Waals surface area contributed by atoms with Gasteiger partial charge < -0.3 is 10.2 Å². The van der Waals surface area contributed by atoms with Gasteiger partial charge in [-0.2, -0.15) is 0 Å². The third-order valence-corrected chi connectivity index (χ3v) is 5.81. The van der Waals surface area contributed by atoms with Crippen molar-refractivity contribution in [1.29, 1.82) is 0 Å². The molecule has 2 aliphatic carbocycles. The van der Waals surface area contributed by atoms with Gasteiger partial charge in [-0.15, -0.1) is 0 Å². The van der Waals surface area contributed by atoms with E-state index in [0.717, 1.165) is 37.4 Å². The molecule has 24 heavy (non-hydrogen) atoms. The summed E-state index contributed by atoms with van der Waals surface area (Å²) in [7, 11) is 0. The van der Waals surface area contributed by atoms with Crippen LogP contribution in [0.25, 0.3) is 0 Å². The number of hydrogen-bond acceptors (Lipinski definition) is 4. The molecule has 4 rings (SSSR count).